The average Bonchev–Trinajstić information content (AvgIpc) is 3.38. The Hall–Kier alpha value is -5.46. The van der Waals surface area contributed by atoms with Crippen LogP contribution in [0.15, 0.2) is 42.5 Å². The lowest BCUT2D eigenvalue weighted by Gasteiger charge is -2.41. The monoisotopic (exact) mass is 728 g/mol. The first kappa shape index (κ1) is 35.0. The number of benzene rings is 2. The van der Waals surface area contributed by atoms with Crippen molar-refractivity contribution in [1.29, 1.82) is 5.26 Å². The van der Waals surface area contributed by atoms with Crippen LogP contribution < -0.4 is 15.4 Å². The summed E-state index contributed by atoms with van der Waals surface area (Å²) in [7, 11) is 0. The topological polar surface area (TPSA) is 183 Å². The van der Waals surface area contributed by atoms with Gasteiger partial charge in [-0.05, 0) is 74.1 Å². The Morgan fingerprint density at radius 1 is 0.942 bits per heavy atom. The Labute approximate surface area is 302 Å². The van der Waals surface area contributed by atoms with Crippen LogP contribution in [-0.2, 0) is 16.1 Å². The van der Waals surface area contributed by atoms with Gasteiger partial charge in [0, 0.05) is 51.3 Å². The number of nitriles is 1. The number of aromatic nitrogens is 2. The molecule has 268 valence electrons. The second-order valence-electron chi connectivity index (χ2n) is 13.3. The van der Waals surface area contributed by atoms with Crippen LogP contribution in [0.1, 0.15) is 80.9 Å². The molecular formula is C36H34ClFN8O6. The average molecular weight is 729 g/mol. The number of rotatable bonds is 8. The summed E-state index contributed by atoms with van der Waals surface area (Å²) in [6.45, 7) is 2.68. The van der Waals surface area contributed by atoms with Crippen molar-refractivity contribution in [2.24, 2.45) is 5.73 Å². The predicted molar refractivity (Wildman–Crippen MR) is 183 cm³/mol. The zero-order valence-electron chi connectivity index (χ0n) is 28.0. The van der Waals surface area contributed by atoms with Crippen molar-refractivity contribution in [3.8, 4) is 11.8 Å². The van der Waals surface area contributed by atoms with Crippen molar-refractivity contribution >= 4 is 47.0 Å². The zero-order valence-corrected chi connectivity index (χ0v) is 28.7. The predicted octanol–water partition coefficient (Wildman–Crippen LogP) is 3.07. The standard InChI is InChI=1S/C36H34ClFN8O6/c37-26-17-24(4-1-21(26)18-39)52-23-5-2-22(3-6-23)45-31(47)10-8-29(35(45)50)46-34(49)25-15-20(16-27(38)32(25)36(46)51)19-43-11-13-44(14-12-43)30-9-7-28(33(40)48)41-42-30/h1,4,7,9,15-17,22-23,29H,2-3,5-6,8,10-14,19H2,(H2,40,48). The van der Waals surface area contributed by atoms with Crippen LogP contribution in [0.5, 0.6) is 5.75 Å². The quantitative estimate of drug-likeness (QED) is 0.337. The van der Waals surface area contributed by atoms with E-state index >= 15 is 4.39 Å². The second kappa shape index (κ2) is 14.3. The molecule has 0 radical (unpaired) electrons. The molecule has 1 saturated carbocycles. The fourth-order valence-electron chi connectivity index (χ4n) is 7.47. The largest absolute Gasteiger partial charge is 0.490 e. The van der Waals surface area contributed by atoms with Crippen LogP contribution in [0.25, 0.3) is 0 Å². The van der Waals surface area contributed by atoms with Crippen LogP contribution in [-0.4, -0.2) is 98.8 Å². The smallest absolute Gasteiger partial charge is 0.269 e. The molecule has 1 aliphatic carbocycles. The molecule has 4 heterocycles. The van der Waals surface area contributed by atoms with Crippen LogP contribution in [0, 0.1) is 17.1 Å². The summed E-state index contributed by atoms with van der Waals surface area (Å²) >= 11 is 6.14. The Kier molecular flexibility index (Phi) is 9.60. The minimum Gasteiger partial charge on any atom is -0.490 e. The molecule has 2 N–H and O–H groups in total. The summed E-state index contributed by atoms with van der Waals surface area (Å²) in [5.41, 5.74) is 5.70. The minimum atomic E-state index is -1.23. The first-order valence-electron chi connectivity index (χ1n) is 17.1. The van der Waals surface area contributed by atoms with E-state index in [2.05, 4.69) is 15.1 Å². The normalized spacial score (nSPS) is 22.4. The third-order valence-electron chi connectivity index (χ3n) is 10.1. The number of hydrogen-bond acceptors (Lipinski definition) is 11. The number of ether oxygens (including phenoxy) is 1. The summed E-state index contributed by atoms with van der Waals surface area (Å²) in [5.74, 6) is -3.03. The maximum absolute atomic E-state index is 15.6. The highest BCUT2D eigenvalue weighted by atomic mass is 35.5. The van der Waals surface area contributed by atoms with Gasteiger partial charge in [-0.3, -0.25) is 38.7 Å². The van der Waals surface area contributed by atoms with Crippen molar-refractivity contribution < 1.29 is 33.1 Å². The molecule has 52 heavy (non-hydrogen) atoms. The third-order valence-corrected chi connectivity index (χ3v) is 10.5. The lowest BCUT2D eigenvalue weighted by molar-refractivity contribution is -0.155. The highest BCUT2D eigenvalue weighted by Crippen LogP contribution is 2.35. The van der Waals surface area contributed by atoms with E-state index < -0.39 is 41.5 Å². The Balaban J connectivity index is 0.983. The number of fused-ring (bicyclic) bond motifs is 1. The third kappa shape index (κ3) is 6.67. The molecule has 16 heteroatoms. The van der Waals surface area contributed by atoms with Gasteiger partial charge >= 0.3 is 0 Å². The summed E-state index contributed by atoms with van der Waals surface area (Å²) in [5, 5.41) is 17.3. The highest BCUT2D eigenvalue weighted by molar-refractivity contribution is 6.31. The van der Waals surface area contributed by atoms with E-state index in [1.54, 1.807) is 24.3 Å². The number of primary amides is 1. The Morgan fingerprint density at radius 3 is 2.35 bits per heavy atom. The number of anilines is 1. The summed E-state index contributed by atoms with van der Waals surface area (Å²) in [6.07, 6.45) is 1.73. The molecule has 5 amide bonds. The van der Waals surface area contributed by atoms with Gasteiger partial charge in [-0.2, -0.15) is 5.26 Å². The van der Waals surface area contributed by atoms with Gasteiger partial charge in [0.2, 0.25) is 5.91 Å². The van der Waals surface area contributed by atoms with Gasteiger partial charge in [-0.1, -0.05) is 11.6 Å². The van der Waals surface area contributed by atoms with Crippen LogP contribution in [0.2, 0.25) is 5.02 Å². The molecule has 7 rings (SSSR count). The van der Waals surface area contributed by atoms with E-state index in [1.807, 2.05) is 11.0 Å². The molecule has 14 nitrogen and oxygen atoms in total. The summed E-state index contributed by atoms with van der Waals surface area (Å²) < 4.78 is 21.6. The molecule has 0 spiro atoms. The fraction of sp³-hybridized carbons (Fsp3) is 0.389. The van der Waals surface area contributed by atoms with E-state index in [9.17, 15) is 24.0 Å². The number of nitrogens with zero attached hydrogens (tertiary/aromatic N) is 7. The van der Waals surface area contributed by atoms with Crippen molar-refractivity contribution in [2.75, 3.05) is 31.1 Å². The number of imide groups is 2. The lowest BCUT2D eigenvalue weighted by atomic mass is 9.89. The molecule has 3 fully saturated rings. The molecule has 2 aromatic carbocycles. The zero-order chi connectivity index (χ0) is 36.7. The van der Waals surface area contributed by atoms with Crippen molar-refractivity contribution in [2.45, 2.75) is 63.3 Å². The molecule has 1 unspecified atom stereocenters. The molecule has 3 aliphatic heterocycles. The van der Waals surface area contributed by atoms with Crippen molar-refractivity contribution in [3.63, 3.8) is 0 Å². The van der Waals surface area contributed by atoms with Gasteiger partial charge < -0.3 is 15.4 Å². The van der Waals surface area contributed by atoms with Gasteiger partial charge in [0.25, 0.3) is 23.6 Å². The molecule has 3 aromatic rings. The fourth-order valence-corrected chi connectivity index (χ4v) is 7.68. The van der Waals surface area contributed by atoms with E-state index in [0.717, 1.165) is 4.90 Å². The molecule has 4 aliphatic rings. The molecular weight excluding hydrogens is 695 g/mol. The number of piperazine rings is 1. The van der Waals surface area contributed by atoms with E-state index in [1.165, 1.54) is 23.1 Å². The number of nitrogens with two attached hydrogens (primary N) is 1. The number of carbonyl (C=O) groups excluding carboxylic acids is 5. The Morgan fingerprint density at radius 2 is 1.69 bits per heavy atom. The number of likely N-dealkylation sites (tertiary alicyclic amines) is 1. The molecule has 2 saturated heterocycles. The summed E-state index contributed by atoms with van der Waals surface area (Å²) in [4.78, 5) is 71.7. The van der Waals surface area contributed by atoms with Gasteiger partial charge in [0.1, 0.15) is 23.7 Å². The second-order valence-corrected chi connectivity index (χ2v) is 13.8. The number of halogens is 2. The van der Waals surface area contributed by atoms with E-state index in [0.29, 0.717) is 81.1 Å². The van der Waals surface area contributed by atoms with E-state index in [4.69, 9.17) is 27.3 Å². The minimum absolute atomic E-state index is 0.0358. The van der Waals surface area contributed by atoms with Gasteiger partial charge in [0.05, 0.1) is 27.8 Å². The summed E-state index contributed by atoms with van der Waals surface area (Å²) in [6, 6.07) is 11.1. The Bertz CT molecular complexity index is 2010. The van der Waals surface area contributed by atoms with E-state index in [-0.39, 0.29) is 46.7 Å². The number of carbonyl (C=O) groups is 5. The van der Waals surface area contributed by atoms with Crippen LogP contribution >= 0.6 is 11.6 Å². The van der Waals surface area contributed by atoms with Crippen molar-refractivity contribution in [3.05, 3.63) is 81.3 Å². The van der Waals surface area contributed by atoms with Crippen LogP contribution in [0.4, 0.5) is 10.2 Å². The lowest BCUT2D eigenvalue weighted by Crippen LogP contribution is -2.59. The van der Waals surface area contributed by atoms with Gasteiger partial charge in [0.15, 0.2) is 11.5 Å². The maximum atomic E-state index is 15.6. The first-order valence-corrected chi connectivity index (χ1v) is 17.4. The number of amides is 5. The first-order chi connectivity index (χ1) is 25.0. The molecule has 1 atom stereocenters. The number of hydrogen-bond donors (Lipinski definition) is 1. The number of piperidine rings is 1. The van der Waals surface area contributed by atoms with Crippen LogP contribution in [0.3, 0.4) is 0 Å². The molecule has 0 bridgehead atoms. The maximum Gasteiger partial charge on any atom is 0.269 e. The SMILES string of the molecule is N#Cc1ccc(OC2CCC(N3C(=O)CCC(N4C(=O)c5cc(CN6CCN(c7ccc(C(N)=O)nn7)CC6)cc(F)c5C4=O)C3=O)CC2)cc1Cl. The van der Waals surface area contributed by atoms with Crippen molar-refractivity contribution in [1.82, 2.24) is 24.9 Å². The molecule has 1 aromatic heterocycles. The van der Waals surface area contributed by atoms with Gasteiger partial charge in [-0.25, -0.2) is 4.39 Å². The van der Waals surface area contributed by atoms with Gasteiger partial charge in [-0.15, -0.1) is 10.2 Å². The highest BCUT2D eigenvalue weighted by Gasteiger charge is 2.49.